The second kappa shape index (κ2) is 5.05. The Morgan fingerprint density at radius 3 is 2.27 bits per heavy atom. The summed E-state index contributed by atoms with van der Waals surface area (Å²) in [5.41, 5.74) is 7.72. The largest absolute Gasteiger partial charge is 0.492 e. The maximum atomic E-state index is 5.96. The molecule has 3 rings (SSSR count). The fourth-order valence-electron chi connectivity index (χ4n) is 3.15. The smallest absolute Gasteiger partial charge is 0.126 e. The first-order valence-corrected chi connectivity index (χ1v) is 7.89. The van der Waals surface area contributed by atoms with Crippen molar-refractivity contribution in [2.45, 2.75) is 40.0 Å². The summed E-state index contributed by atoms with van der Waals surface area (Å²) in [6.45, 7) is 11.7. The maximum Gasteiger partial charge on any atom is 0.126 e. The number of fused-ring (bicyclic) bond motifs is 1. The summed E-state index contributed by atoms with van der Waals surface area (Å²) in [7, 11) is 2.14. The average Bonchev–Trinajstić information content (AvgIpc) is 2.78. The Hall–Kier alpha value is -1.96. The highest BCUT2D eigenvalue weighted by molar-refractivity contribution is 5.71. The predicted octanol–water partition coefficient (Wildman–Crippen LogP) is 5.05. The van der Waals surface area contributed by atoms with Crippen LogP contribution in [0.25, 0.3) is 0 Å². The fourth-order valence-corrected chi connectivity index (χ4v) is 3.15. The first-order valence-electron chi connectivity index (χ1n) is 7.89. The van der Waals surface area contributed by atoms with E-state index in [0.717, 1.165) is 12.4 Å². The zero-order valence-electron chi connectivity index (χ0n) is 14.4. The van der Waals surface area contributed by atoms with Crippen LogP contribution in [0.1, 0.15) is 36.1 Å². The molecule has 2 heteroatoms. The van der Waals surface area contributed by atoms with E-state index in [9.17, 15) is 0 Å². The van der Waals surface area contributed by atoms with E-state index in [4.69, 9.17) is 4.74 Å². The molecule has 0 radical (unpaired) electrons. The minimum Gasteiger partial charge on any atom is -0.492 e. The third-order valence-corrected chi connectivity index (χ3v) is 4.90. The van der Waals surface area contributed by atoms with Crippen molar-refractivity contribution < 1.29 is 4.74 Å². The number of ether oxygens (including phenoxy) is 1. The van der Waals surface area contributed by atoms with Crippen molar-refractivity contribution in [2.75, 3.05) is 18.6 Å². The molecule has 1 aliphatic rings. The average molecular weight is 295 g/mol. The van der Waals surface area contributed by atoms with Gasteiger partial charge < -0.3 is 9.64 Å². The van der Waals surface area contributed by atoms with Crippen molar-refractivity contribution in [3.63, 3.8) is 0 Å². The Kier molecular flexibility index (Phi) is 3.43. The van der Waals surface area contributed by atoms with Crippen molar-refractivity contribution in [1.29, 1.82) is 0 Å². The number of benzene rings is 2. The third-order valence-electron chi connectivity index (χ3n) is 4.90. The van der Waals surface area contributed by atoms with Gasteiger partial charge in [0.05, 0.1) is 6.61 Å². The number of hydrogen-bond acceptors (Lipinski definition) is 2. The van der Waals surface area contributed by atoms with E-state index >= 15 is 0 Å². The molecule has 0 aliphatic carbocycles. The van der Waals surface area contributed by atoms with Crippen LogP contribution in [0.5, 0.6) is 5.75 Å². The second-order valence-electron chi connectivity index (χ2n) is 7.09. The molecule has 0 bridgehead atoms. The monoisotopic (exact) mass is 295 g/mol. The molecule has 0 atom stereocenters. The number of aryl methyl sites for hydroxylation is 1. The van der Waals surface area contributed by atoms with Gasteiger partial charge in [-0.3, -0.25) is 0 Å². The lowest BCUT2D eigenvalue weighted by atomic mass is 9.84. The molecule has 0 N–H and O–H groups in total. The van der Waals surface area contributed by atoms with E-state index in [1.807, 2.05) is 0 Å². The number of rotatable bonds is 2. The van der Waals surface area contributed by atoms with Crippen LogP contribution >= 0.6 is 0 Å². The van der Waals surface area contributed by atoms with Gasteiger partial charge in [-0.25, -0.2) is 0 Å². The summed E-state index contributed by atoms with van der Waals surface area (Å²) in [5, 5.41) is 0. The molecule has 22 heavy (non-hydrogen) atoms. The molecule has 116 valence electrons. The fraction of sp³-hybridized carbons (Fsp3) is 0.400. The molecular formula is C20H25NO. The van der Waals surface area contributed by atoms with Gasteiger partial charge in [0.2, 0.25) is 0 Å². The van der Waals surface area contributed by atoms with Crippen LogP contribution in [0.2, 0.25) is 0 Å². The molecule has 1 heterocycles. The molecular weight excluding hydrogens is 270 g/mol. The lowest BCUT2D eigenvalue weighted by Crippen LogP contribution is -2.19. The highest BCUT2D eigenvalue weighted by Crippen LogP contribution is 2.45. The van der Waals surface area contributed by atoms with Crippen LogP contribution in [-0.4, -0.2) is 13.7 Å². The minimum absolute atomic E-state index is 0.0800. The zero-order chi connectivity index (χ0) is 16.1. The zero-order valence-corrected chi connectivity index (χ0v) is 14.4. The number of anilines is 2. The Balaban J connectivity index is 2.12. The van der Waals surface area contributed by atoms with Crippen molar-refractivity contribution in [3.05, 3.63) is 52.6 Å². The van der Waals surface area contributed by atoms with Gasteiger partial charge in [-0.2, -0.15) is 0 Å². The normalized spacial score (nSPS) is 15.4. The van der Waals surface area contributed by atoms with E-state index in [1.54, 1.807) is 0 Å². The molecule has 0 saturated carbocycles. The van der Waals surface area contributed by atoms with Gasteiger partial charge in [0.15, 0.2) is 0 Å². The molecule has 2 aromatic carbocycles. The quantitative estimate of drug-likeness (QED) is 0.768. The molecule has 0 amide bonds. The van der Waals surface area contributed by atoms with Crippen molar-refractivity contribution in [3.8, 4) is 5.75 Å². The molecule has 0 fully saturated rings. The van der Waals surface area contributed by atoms with E-state index < -0.39 is 0 Å². The Morgan fingerprint density at radius 1 is 1.00 bits per heavy atom. The topological polar surface area (TPSA) is 12.5 Å². The second-order valence-corrected chi connectivity index (χ2v) is 7.09. The van der Waals surface area contributed by atoms with E-state index in [-0.39, 0.29) is 5.41 Å². The van der Waals surface area contributed by atoms with Gasteiger partial charge in [-0.15, -0.1) is 0 Å². The SMILES string of the molecule is Cc1ccc(N(C)c2cc3c(c(C)c2C)OCC3(C)C)cc1. The van der Waals surface area contributed by atoms with Crippen molar-refractivity contribution in [2.24, 2.45) is 0 Å². The molecule has 2 nitrogen and oxygen atoms in total. The van der Waals surface area contributed by atoms with E-state index in [2.05, 4.69) is 76.9 Å². The molecule has 0 spiro atoms. The van der Waals surface area contributed by atoms with Gasteiger partial charge in [0.25, 0.3) is 0 Å². The molecule has 2 aromatic rings. The van der Waals surface area contributed by atoms with Crippen LogP contribution in [0.15, 0.2) is 30.3 Å². The third kappa shape index (κ3) is 2.27. The molecule has 0 aromatic heterocycles. The Morgan fingerprint density at radius 2 is 1.64 bits per heavy atom. The lowest BCUT2D eigenvalue weighted by molar-refractivity contribution is 0.290. The van der Waals surface area contributed by atoms with Crippen LogP contribution < -0.4 is 9.64 Å². The van der Waals surface area contributed by atoms with Crippen LogP contribution in [0.3, 0.4) is 0 Å². The first kappa shape index (κ1) is 15.0. The summed E-state index contributed by atoms with van der Waals surface area (Å²) >= 11 is 0. The first-order chi connectivity index (χ1) is 10.3. The van der Waals surface area contributed by atoms with Gasteiger partial charge in [0.1, 0.15) is 5.75 Å². The van der Waals surface area contributed by atoms with Crippen LogP contribution in [0, 0.1) is 20.8 Å². The molecule has 1 aliphatic heterocycles. The summed E-state index contributed by atoms with van der Waals surface area (Å²) in [6, 6.07) is 11.0. The van der Waals surface area contributed by atoms with Gasteiger partial charge >= 0.3 is 0 Å². The van der Waals surface area contributed by atoms with Gasteiger partial charge in [-0.1, -0.05) is 31.5 Å². The summed E-state index contributed by atoms with van der Waals surface area (Å²) in [4.78, 5) is 2.27. The van der Waals surface area contributed by atoms with E-state index in [0.29, 0.717) is 0 Å². The minimum atomic E-state index is 0.0800. The van der Waals surface area contributed by atoms with Crippen LogP contribution in [0.4, 0.5) is 11.4 Å². The number of hydrogen-bond donors (Lipinski definition) is 0. The molecule has 0 saturated heterocycles. The lowest BCUT2D eigenvalue weighted by Gasteiger charge is -2.25. The summed E-state index contributed by atoms with van der Waals surface area (Å²) in [5.74, 6) is 1.09. The highest BCUT2D eigenvalue weighted by atomic mass is 16.5. The highest BCUT2D eigenvalue weighted by Gasteiger charge is 2.34. The molecule has 0 unspecified atom stereocenters. The standard InChI is InChI=1S/C20H25NO/c1-13-7-9-16(10-8-13)21(6)18-11-17-19(15(3)14(18)2)22-12-20(17,4)5/h7-11H,12H2,1-6H3. The van der Waals surface area contributed by atoms with Crippen molar-refractivity contribution in [1.82, 2.24) is 0 Å². The predicted molar refractivity (Wildman–Crippen MR) is 93.7 cm³/mol. The van der Waals surface area contributed by atoms with Gasteiger partial charge in [0, 0.05) is 29.4 Å². The van der Waals surface area contributed by atoms with Gasteiger partial charge in [-0.05, 0) is 50.1 Å². The van der Waals surface area contributed by atoms with E-state index in [1.165, 1.54) is 33.6 Å². The Labute approximate surface area is 133 Å². The number of nitrogens with zero attached hydrogens (tertiary/aromatic N) is 1. The van der Waals surface area contributed by atoms with Crippen LogP contribution in [-0.2, 0) is 5.41 Å². The summed E-state index contributed by atoms with van der Waals surface area (Å²) in [6.07, 6.45) is 0. The van der Waals surface area contributed by atoms with Crippen molar-refractivity contribution >= 4 is 11.4 Å². The maximum absolute atomic E-state index is 5.96. The Bertz CT molecular complexity index is 713. The summed E-state index contributed by atoms with van der Waals surface area (Å²) < 4.78 is 5.96.